The molecule has 3 N–H and O–H groups in total. The standard InChI is InChI=1S/C11H13N3O3/c1-2-5-12-11-13-10(14-17-11)7-3-4-8(15)9(16)6-7/h3-4,6,15-16H,2,5H2,1H3,(H,12,13,14). The third-order valence-electron chi connectivity index (χ3n) is 2.19. The van der Waals surface area contributed by atoms with E-state index in [2.05, 4.69) is 15.5 Å². The highest BCUT2D eigenvalue weighted by molar-refractivity contribution is 5.60. The minimum Gasteiger partial charge on any atom is -0.504 e. The number of nitrogens with zero attached hydrogens (tertiary/aromatic N) is 2. The van der Waals surface area contributed by atoms with Crippen LogP contribution in [0.1, 0.15) is 13.3 Å². The first-order valence-electron chi connectivity index (χ1n) is 5.30. The average Bonchev–Trinajstić information content (AvgIpc) is 2.79. The molecule has 0 aliphatic heterocycles. The quantitative estimate of drug-likeness (QED) is 0.702. The number of benzene rings is 1. The van der Waals surface area contributed by atoms with E-state index in [-0.39, 0.29) is 11.5 Å². The van der Waals surface area contributed by atoms with Gasteiger partial charge in [-0.05, 0) is 24.6 Å². The molecule has 2 rings (SSSR count). The molecule has 0 aliphatic carbocycles. The van der Waals surface area contributed by atoms with Crippen LogP contribution in [0, 0.1) is 0 Å². The largest absolute Gasteiger partial charge is 0.504 e. The van der Waals surface area contributed by atoms with Crippen molar-refractivity contribution in [1.29, 1.82) is 0 Å². The van der Waals surface area contributed by atoms with E-state index < -0.39 is 0 Å². The van der Waals surface area contributed by atoms with E-state index in [0.717, 1.165) is 13.0 Å². The molecule has 17 heavy (non-hydrogen) atoms. The number of aromatic hydroxyl groups is 2. The minimum absolute atomic E-state index is 0.179. The van der Waals surface area contributed by atoms with Gasteiger partial charge in [-0.1, -0.05) is 12.1 Å². The molecule has 0 fully saturated rings. The van der Waals surface area contributed by atoms with Crippen LogP contribution in [0.5, 0.6) is 11.5 Å². The molecule has 1 aromatic carbocycles. The van der Waals surface area contributed by atoms with Gasteiger partial charge in [-0.3, -0.25) is 0 Å². The van der Waals surface area contributed by atoms with E-state index in [1.807, 2.05) is 6.92 Å². The van der Waals surface area contributed by atoms with E-state index in [1.54, 1.807) is 6.07 Å². The van der Waals surface area contributed by atoms with Crippen molar-refractivity contribution in [3.63, 3.8) is 0 Å². The van der Waals surface area contributed by atoms with Gasteiger partial charge in [-0.2, -0.15) is 4.98 Å². The molecule has 0 unspecified atom stereocenters. The number of hydrogen-bond acceptors (Lipinski definition) is 6. The smallest absolute Gasteiger partial charge is 0.321 e. The highest BCUT2D eigenvalue weighted by Gasteiger charge is 2.09. The fourth-order valence-electron chi connectivity index (χ4n) is 1.31. The molecule has 6 heteroatoms. The zero-order valence-electron chi connectivity index (χ0n) is 9.34. The maximum atomic E-state index is 9.36. The molecule has 2 aromatic rings. The number of hydrogen-bond donors (Lipinski definition) is 3. The molecule has 0 bridgehead atoms. The first-order valence-corrected chi connectivity index (χ1v) is 5.30. The van der Waals surface area contributed by atoms with Gasteiger partial charge in [0.25, 0.3) is 0 Å². The molecular formula is C11H13N3O3. The Balaban J connectivity index is 2.21. The summed E-state index contributed by atoms with van der Waals surface area (Å²) in [6, 6.07) is 4.70. The fourth-order valence-corrected chi connectivity index (χ4v) is 1.31. The summed E-state index contributed by atoms with van der Waals surface area (Å²) in [4.78, 5) is 4.11. The van der Waals surface area contributed by atoms with Crippen LogP contribution in [-0.4, -0.2) is 26.9 Å². The summed E-state index contributed by atoms with van der Waals surface area (Å²) >= 11 is 0. The molecule has 1 heterocycles. The van der Waals surface area contributed by atoms with E-state index in [4.69, 9.17) is 4.52 Å². The number of rotatable bonds is 4. The summed E-state index contributed by atoms with van der Waals surface area (Å²) in [5.41, 5.74) is 0.577. The lowest BCUT2D eigenvalue weighted by atomic mass is 10.2. The summed E-state index contributed by atoms with van der Waals surface area (Å²) in [7, 11) is 0. The van der Waals surface area contributed by atoms with Gasteiger partial charge in [0, 0.05) is 12.1 Å². The van der Waals surface area contributed by atoms with Crippen molar-refractivity contribution in [1.82, 2.24) is 10.1 Å². The maximum Gasteiger partial charge on any atom is 0.321 e. The highest BCUT2D eigenvalue weighted by atomic mass is 16.5. The van der Waals surface area contributed by atoms with Gasteiger partial charge < -0.3 is 20.1 Å². The van der Waals surface area contributed by atoms with Gasteiger partial charge in [0.15, 0.2) is 11.5 Å². The number of anilines is 1. The van der Waals surface area contributed by atoms with Crippen molar-refractivity contribution < 1.29 is 14.7 Å². The van der Waals surface area contributed by atoms with Gasteiger partial charge in [-0.25, -0.2) is 0 Å². The second-order valence-electron chi connectivity index (χ2n) is 3.55. The van der Waals surface area contributed by atoms with E-state index in [0.29, 0.717) is 17.4 Å². The fraction of sp³-hybridized carbons (Fsp3) is 0.273. The Morgan fingerprint density at radius 1 is 1.29 bits per heavy atom. The number of phenolic OH excluding ortho intramolecular Hbond substituents is 2. The van der Waals surface area contributed by atoms with Crippen molar-refractivity contribution in [3.8, 4) is 22.9 Å². The highest BCUT2D eigenvalue weighted by Crippen LogP contribution is 2.29. The third kappa shape index (κ3) is 2.47. The van der Waals surface area contributed by atoms with E-state index in [1.165, 1.54) is 12.1 Å². The predicted octanol–water partition coefficient (Wildman–Crippen LogP) is 1.97. The zero-order chi connectivity index (χ0) is 12.3. The van der Waals surface area contributed by atoms with Crippen LogP contribution in [-0.2, 0) is 0 Å². The molecule has 0 radical (unpaired) electrons. The van der Waals surface area contributed by atoms with Crippen molar-refractivity contribution in [3.05, 3.63) is 18.2 Å². The Bertz CT molecular complexity index is 510. The van der Waals surface area contributed by atoms with Crippen LogP contribution >= 0.6 is 0 Å². The SMILES string of the molecule is CCCNc1nc(-c2ccc(O)c(O)c2)no1. The molecule has 90 valence electrons. The van der Waals surface area contributed by atoms with Gasteiger partial charge in [-0.15, -0.1) is 0 Å². The first kappa shape index (κ1) is 11.3. The number of nitrogens with one attached hydrogen (secondary N) is 1. The normalized spacial score (nSPS) is 10.4. The van der Waals surface area contributed by atoms with Crippen LogP contribution in [0.15, 0.2) is 22.7 Å². The molecule has 1 aromatic heterocycles. The predicted molar refractivity (Wildman–Crippen MR) is 61.8 cm³/mol. The summed E-state index contributed by atoms with van der Waals surface area (Å²) in [6.07, 6.45) is 0.956. The van der Waals surface area contributed by atoms with E-state index in [9.17, 15) is 10.2 Å². The molecule has 0 aliphatic rings. The van der Waals surface area contributed by atoms with Crippen LogP contribution in [0.25, 0.3) is 11.4 Å². The Kier molecular flexibility index (Phi) is 3.13. The van der Waals surface area contributed by atoms with Crippen molar-refractivity contribution in [2.45, 2.75) is 13.3 Å². The van der Waals surface area contributed by atoms with Gasteiger partial charge in [0.05, 0.1) is 0 Å². The second-order valence-corrected chi connectivity index (χ2v) is 3.55. The van der Waals surface area contributed by atoms with Crippen molar-refractivity contribution in [2.75, 3.05) is 11.9 Å². The Labute approximate surface area is 97.9 Å². The molecule has 0 spiro atoms. The summed E-state index contributed by atoms with van der Waals surface area (Å²) in [5, 5.41) is 25.3. The Morgan fingerprint density at radius 2 is 2.12 bits per heavy atom. The molecular weight excluding hydrogens is 222 g/mol. The average molecular weight is 235 g/mol. The Hall–Kier alpha value is -2.24. The van der Waals surface area contributed by atoms with Crippen LogP contribution < -0.4 is 5.32 Å². The van der Waals surface area contributed by atoms with Gasteiger partial charge >= 0.3 is 6.01 Å². The van der Waals surface area contributed by atoms with Crippen molar-refractivity contribution in [2.24, 2.45) is 0 Å². The van der Waals surface area contributed by atoms with Crippen molar-refractivity contribution >= 4 is 6.01 Å². The van der Waals surface area contributed by atoms with Crippen LogP contribution in [0.4, 0.5) is 6.01 Å². The van der Waals surface area contributed by atoms with E-state index >= 15 is 0 Å². The summed E-state index contributed by atoms with van der Waals surface area (Å²) < 4.78 is 4.97. The maximum absolute atomic E-state index is 9.36. The number of phenols is 2. The van der Waals surface area contributed by atoms with Crippen LogP contribution in [0.3, 0.4) is 0 Å². The second kappa shape index (κ2) is 4.73. The summed E-state index contributed by atoms with van der Waals surface area (Å²) in [6.45, 7) is 2.78. The lowest BCUT2D eigenvalue weighted by Crippen LogP contribution is -1.99. The first-order chi connectivity index (χ1) is 8.20. The van der Waals surface area contributed by atoms with Crippen LogP contribution in [0.2, 0.25) is 0 Å². The molecule has 0 saturated carbocycles. The molecule has 6 nitrogen and oxygen atoms in total. The molecule has 0 saturated heterocycles. The Morgan fingerprint density at radius 3 is 2.82 bits per heavy atom. The molecule has 0 amide bonds. The molecule has 0 atom stereocenters. The number of aromatic nitrogens is 2. The summed E-state index contributed by atoms with van der Waals surface area (Å²) in [5.74, 6) is -0.0316. The van der Waals surface area contributed by atoms with Gasteiger partial charge in [0.2, 0.25) is 5.82 Å². The minimum atomic E-state index is -0.213. The lowest BCUT2D eigenvalue weighted by molar-refractivity contribution is 0.404. The third-order valence-corrected chi connectivity index (χ3v) is 2.19. The monoisotopic (exact) mass is 235 g/mol. The zero-order valence-corrected chi connectivity index (χ0v) is 9.34. The van der Waals surface area contributed by atoms with Gasteiger partial charge in [0.1, 0.15) is 0 Å². The lowest BCUT2D eigenvalue weighted by Gasteiger charge is -1.98. The topological polar surface area (TPSA) is 91.4 Å².